The molecule has 1 saturated carbocycles. The maximum atomic E-state index is 12.4. The van der Waals surface area contributed by atoms with Crippen molar-refractivity contribution in [2.24, 2.45) is 11.7 Å². The Morgan fingerprint density at radius 2 is 1.97 bits per heavy atom. The summed E-state index contributed by atoms with van der Waals surface area (Å²) in [6, 6.07) is 7.30. The molecule has 0 atom stereocenters. The number of nitrogens with one attached hydrogen (secondary N) is 2. The van der Waals surface area contributed by atoms with Crippen LogP contribution in [-0.2, 0) is 9.59 Å². The van der Waals surface area contributed by atoms with Gasteiger partial charge in [-0.1, -0.05) is 18.0 Å². The number of halogens is 1. The van der Waals surface area contributed by atoms with Crippen molar-refractivity contribution >= 4 is 35.0 Å². The van der Waals surface area contributed by atoms with Crippen LogP contribution >= 0.6 is 11.6 Å². The van der Waals surface area contributed by atoms with E-state index in [4.69, 9.17) is 22.1 Å². The molecule has 158 valence electrons. The van der Waals surface area contributed by atoms with Crippen LogP contribution in [0.1, 0.15) is 35.2 Å². The summed E-state index contributed by atoms with van der Waals surface area (Å²) in [6.07, 6.45) is 3.38. The molecule has 3 rings (SSSR count). The summed E-state index contributed by atoms with van der Waals surface area (Å²) in [6.45, 7) is 2.28. The van der Waals surface area contributed by atoms with Gasteiger partial charge in [-0.05, 0) is 61.6 Å². The molecule has 0 radical (unpaired) electrons. The van der Waals surface area contributed by atoms with Gasteiger partial charge in [0.15, 0.2) is 0 Å². The summed E-state index contributed by atoms with van der Waals surface area (Å²) in [7, 11) is 0. The van der Waals surface area contributed by atoms with Crippen molar-refractivity contribution in [2.75, 3.05) is 11.9 Å². The lowest BCUT2D eigenvalue weighted by molar-refractivity contribution is -0.134. The topological polar surface area (TPSA) is 131 Å². The number of anilines is 1. The molecular formula is C21H22ClN3O5. The van der Waals surface area contributed by atoms with Crippen molar-refractivity contribution in [1.29, 1.82) is 0 Å². The van der Waals surface area contributed by atoms with E-state index in [9.17, 15) is 19.5 Å². The number of benzene rings is 2. The SMILES string of the molecule is Cc1cc(NC(=O)C(N)=O)cc(Cl)c1Oc1ccc(O)c(C(=O)NCC2CCC2)c1. The highest BCUT2D eigenvalue weighted by Crippen LogP contribution is 2.36. The highest BCUT2D eigenvalue weighted by molar-refractivity contribution is 6.39. The lowest BCUT2D eigenvalue weighted by Crippen LogP contribution is -2.32. The summed E-state index contributed by atoms with van der Waals surface area (Å²) in [4.78, 5) is 34.8. The van der Waals surface area contributed by atoms with Gasteiger partial charge < -0.3 is 26.2 Å². The Hall–Kier alpha value is -3.26. The lowest BCUT2D eigenvalue weighted by atomic mass is 9.85. The molecule has 30 heavy (non-hydrogen) atoms. The van der Waals surface area contributed by atoms with Gasteiger partial charge in [-0.15, -0.1) is 0 Å². The van der Waals surface area contributed by atoms with Crippen LogP contribution in [0, 0.1) is 12.8 Å². The monoisotopic (exact) mass is 431 g/mol. The number of amides is 3. The van der Waals surface area contributed by atoms with E-state index in [1.807, 2.05) is 0 Å². The van der Waals surface area contributed by atoms with Crippen LogP contribution in [0.2, 0.25) is 5.02 Å². The Bertz CT molecular complexity index is 981. The van der Waals surface area contributed by atoms with Crippen LogP contribution < -0.4 is 21.1 Å². The van der Waals surface area contributed by atoms with Gasteiger partial charge in [-0.2, -0.15) is 0 Å². The zero-order valence-electron chi connectivity index (χ0n) is 16.3. The highest BCUT2D eigenvalue weighted by Gasteiger charge is 2.20. The van der Waals surface area contributed by atoms with Gasteiger partial charge in [0.05, 0.1) is 10.6 Å². The summed E-state index contributed by atoms with van der Waals surface area (Å²) in [5.74, 6) is -1.50. The molecule has 2 aromatic carbocycles. The molecule has 1 aliphatic rings. The van der Waals surface area contributed by atoms with Crippen molar-refractivity contribution in [1.82, 2.24) is 5.32 Å². The van der Waals surface area contributed by atoms with E-state index in [0.717, 1.165) is 12.8 Å². The molecule has 0 saturated heterocycles. The molecule has 1 fully saturated rings. The number of primary amides is 1. The zero-order valence-corrected chi connectivity index (χ0v) is 17.1. The standard InChI is InChI=1S/C21H22ClN3O5/c1-11-7-13(25-21(29)19(23)27)8-16(22)18(11)30-14-5-6-17(26)15(9-14)20(28)24-10-12-3-2-4-12/h5-9,12,26H,2-4,10H2,1H3,(H2,23,27)(H,24,28)(H,25,29). The molecule has 9 heteroatoms. The molecule has 0 heterocycles. The summed E-state index contributed by atoms with van der Waals surface area (Å²) in [5, 5.41) is 15.4. The molecule has 3 amide bonds. The smallest absolute Gasteiger partial charge is 0.313 e. The van der Waals surface area contributed by atoms with Gasteiger partial charge in [-0.25, -0.2) is 0 Å². The number of phenols is 1. The van der Waals surface area contributed by atoms with Crippen molar-refractivity contribution in [3.63, 3.8) is 0 Å². The first-order chi connectivity index (χ1) is 14.2. The second-order valence-electron chi connectivity index (χ2n) is 7.21. The maximum absolute atomic E-state index is 12.4. The highest BCUT2D eigenvalue weighted by atomic mass is 35.5. The average Bonchev–Trinajstić information content (AvgIpc) is 2.64. The van der Waals surface area contributed by atoms with Gasteiger partial charge in [0, 0.05) is 12.2 Å². The number of rotatable bonds is 6. The fourth-order valence-electron chi connectivity index (χ4n) is 3.03. The molecule has 5 N–H and O–H groups in total. The number of aryl methyl sites for hydroxylation is 1. The first-order valence-electron chi connectivity index (χ1n) is 9.44. The van der Waals surface area contributed by atoms with E-state index >= 15 is 0 Å². The molecule has 0 bridgehead atoms. The second-order valence-corrected chi connectivity index (χ2v) is 7.62. The third-order valence-electron chi connectivity index (χ3n) is 4.92. The van der Waals surface area contributed by atoms with Crippen LogP contribution in [0.3, 0.4) is 0 Å². The second kappa shape index (κ2) is 9.04. The van der Waals surface area contributed by atoms with Crippen molar-refractivity contribution < 1.29 is 24.2 Å². The summed E-state index contributed by atoms with van der Waals surface area (Å²) < 4.78 is 5.82. The Kier molecular flexibility index (Phi) is 6.47. The Morgan fingerprint density at radius 3 is 2.57 bits per heavy atom. The fourth-order valence-corrected chi connectivity index (χ4v) is 3.34. The number of aromatic hydroxyl groups is 1. The minimum Gasteiger partial charge on any atom is -0.507 e. The molecule has 0 aliphatic heterocycles. The van der Waals surface area contributed by atoms with Crippen LogP contribution in [0.25, 0.3) is 0 Å². The molecule has 0 spiro atoms. The Morgan fingerprint density at radius 1 is 1.23 bits per heavy atom. The first-order valence-corrected chi connectivity index (χ1v) is 9.82. The predicted molar refractivity (Wildman–Crippen MR) is 112 cm³/mol. The molecule has 8 nitrogen and oxygen atoms in total. The third-order valence-corrected chi connectivity index (χ3v) is 5.20. The van der Waals surface area contributed by atoms with Gasteiger partial charge in [0.2, 0.25) is 0 Å². The average molecular weight is 432 g/mol. The van der Waals surface area contributed by atoms with E-state index < -0.39 is 11.8 Å². The van der Waals surface area contributed by atoms with Gasteiger partial charge in [0.1, 0.15) is 17.2 Å². The van der Waals surface area contributed by atoms with E-state index in [1.165, 1.54) is 30.7 Å². The van der Waals surface area contributed by atoms with Crippen LogP contribution in [-0.4, -0.2) is 29.4 Å². The van der Waals surface area contributed by atoms with E-state index in [2.05, 4.69) is 10.6 Å². The quantitative estimate of drug-likeness (QED) is 0.522. The number of carbonyl (C=O) groups excluding carboxylic acids is 3. The lowest BCUT2D eigenvalue weighted by Gasteiger charge is -2.25. The zero-order chi connectivity index (χ0) is 21.8. The van der Waals surface area contributed by atoms with Gasteiger partial charge in [0.25, 0.3) is 5.91 Å². The van der Waals surface area contributed by atoms with Crippen LogP contribution in [0.5, 0.6) is 17.2 Å². The molecule has 1 aliphatic carbocycles. The third kappa shape index (κ3) is 5.01. The predicted octanol–water partition coefficient (Wildman–Crippen LogP) is 3.10. The van der Waals surface area contributed by atoms with Gasteiger partial charge >= 0.3 is 11.8 Å². The molecule has 0 aromatic heterocycles. The van der Waals surface area contributed by atoms with Crippen molar-refractivity contribution in [2.45, 2.75) is 26.2 Å². The Labute approximate surface area is 178 Å². The number of ether oxygens (including phenoxy) is 1. The summed E-state index contributed by atoms with van der Waals surface area (Å²) in [5.41, 5.74) is 5.90. The largest absolute Gasteiger partial charge is 0.507 e. The minimum atomic E-state index is -1.11. The maximum Gasteiger partial charge on any atom is 0.313 e. The number of hydrogen-bond acceptors (Lipinski definition) is 5. The molecule has 0 unspecified atom stereocenters. The molecule has 2 aromatic rings. The van der Waals surface area contributed by atoms with Gasteiger partial charge in [-0.3, -0.25) is 14.4 Å². The number of hydrogen-bond donors (Lipinski definition) is 4. The van der Waals surface area contributed by atoms with Crippen LogP contribution in [0.4, 0.5) is 5.69 Å². The summed E-state index contributed by atoms with van der Waals surface area (Å²) >= 11 is 6.27. The Balaban J connectivity index is 1.76. The van der Waals surface area contributed by atoms with E-state index in [0.29, 0.717) is 29.5 Å². The number of carbonyl (C=O) groups is 3. The van der Waals surface area contributed by atoms with Crippen molar-refractivity contribution in [3.8, 4) is 17.2 Å². The fraction of sp³-hybridized carbons (Fsp3) is 0.286. The van der Waals surface area contributed by atoms with Crippen molar-refractivity contribution in [3.05, 3.63) is 46.5 Å². The van der Waals surface area contributed by atoms with Crippen LogP contribution in [0.15, 0.2) is 30.3 Å². The minimum absolute atomic E-state index is 0.103. The first kappa shape index (κ1) is 21.4. The normalized spacial score (nSPS) is 13.3. The van der Waals surface area contributed by atoms with E-state index in [-0.39, 0.29) is 27.9 Å². The number of nitrogens with two attached hydrogens (primary N) is 1. The van der Waals surface area contributed by atoms with E-state index in [1.54, 1.807) is 13.0 Å². The molecular weight excluding hydrogens is 410 g/mol. The number of phenolic OH excluding ortho intramolecular Hbond substituents is 1.